The van der Waals surface area contributed by atoms with Gasteiger partial charge in [0.2, 0.25) is 5.91 Å². The topological polar surface area (TPSA) is 89.3 Å². The van der Waals surface area contributed by atoms with Crippen molar-refractivity contribution in [1.29, 1.82) is 0 Å². The van der Waals surface area contributed by atoms with Crippen LogP contribution < -0.4 is 16.0 Å². The van der Waals surface area contributed by atoms with Crippen LogP contribution in [0.4, 0.5) is 10.5 Å². The van der Waals surface area contributed by atoms with Gasteiger partial charge in [-0.15, -0.1) is 0 Å². The number of aromatic amines is 1. The van der Waals surface area contributed by atoms with Crippen LogP contribution in [0.25, 0.3) is 10.9 Å². The molecule has 4 aromatic rings. The van der Waals surface area contributed by atoms with Gasteiger partial charge in [0.1, 0.15) is 6.04 Å². The SMILES string of the molecule is C[C@H](c1c[nH]c2ccccc12)[C@@H](NC(=O)N1CCC(c2ccccc2)CC1)C(=O)Nc1cccc(CNC2CC2)c1. The number of para-hydroxylation sites is 1. The summed E-state index contributed by atoms with van der Waals surface area (Å²) in [4.78, 5) is 32.6. The lowest BCUT2D eigenvalue weighted by molar-refractivity contribution is -0.118. The quantitative estimate of drug-likeness (QED) is 0.203. The van der Waals surface area contributed by atoms with E-state index < -0.39 is 6.04 Å². The fraction of sp³-hybridized carbons (Fsp3) is 0.353. The van der Waals surface area contributed by atoms with Gasteiger partial charge in [0.05, 0.1) is 0 Å². The van der Waals surface area contributed by atoms with Gasteiger partial charge < -0.3 is 25.8 Å². The van der Waals surface area contributed by atoms with Crippen LogP contribution >= 0.6 is 0 Å². The third-order valence-corrected chi connectivity index (χ3v) is 8.59. The summed E-state index contributed by atoms with van der Waals surface area (Å²) in [5, 5.41) is 10.8. The monoisotopic (exact) mass is 549 g/mol. The Bertz CT molecular complexity index is 1490. The van der Waals surface area contributed by atoms with Gasteiger partial charge in [0.25, 0.3) is 0 Å². The Hall–Kier alpha value is -4.10. The van der Waals surface area contributed by atoms with Gasteiger partial charge in [-0.05, 0) is 66.5 Å². The van der Waals surface area contributed by atoms with Crippen molar-refractivity contribution in [3.8, 4) is 0 Å². The van der Waals surface area contributed by atoms with Crippen LogP contribution in [0, 0.1) is 0 Å². The van der Waals surface area contributed by atoms with Crippen LogP contribution in [0.2, 0.25) is 0 Å². The molecule has 1 aliphatic carbocycles. The first-order chi connectivity index (χ1) is 20.0. The van der Waals surface area contributed by atoms with Crippen molar-refractivity contribution < 1.29 is 9.59 Å². The molecule has 2 aliphatic rings. The number of piperidine rings is 1. The number of amides is 3. The first-order valence-corrected chi connectivity index (χ1v) is 14.8. The van der Waals surface area contributed by atoms with Gasteiger partial charge in [0.15, 0.2) is 0 Å². The second kappa shape index (κ2) is 12.2. The number of hydrogen-bond donors (Lipinski definition) is 4. The Kier molecular flexibility index (Phi) is 8.05. The molecule has 7 nitrogen and oxygen atoms in total. The molecule has 2 heterocycles. The number of urea groups is 1. The first-order valence-electron chi connectivity index (χ1n) is 14.8. The average molecular weight is 550 g/mol. The number of nitrogens with zero attached hydrogens (tertiary/aromatic N) is 1. The van der Waals surface area contributed by atoms with Crippen molar-refractivity contribution in [3.63, 3.8) is 0 Å². The Labute approximate surface area is 241 Å². The maximum absolute atomic E-state index is 13.9. The highest BCUT2D eigenvalue weighted by atomic mass is 16.2. The Morgan fingerprint density at radius 1 is 0.927 bits per heavy atom. The van der Waals surface area contributed by atoms with Gasteiger partial charge in [-0.2, -0.15) is 0 Å². The van der Waals surface area contributed by atoms with E-state index in [0.717, 1.165) is 47.1 Å². The lowest BCUT2D eigenvalue weighted by Crippen LogP contribution is -2.53. The summed E-state index contributed by atoms with van der Waals surface area (Å²) in [6.07, 6.45) is 6.24. The molecule has 1 aromatic heterocycles. The minimum absolute atomic E-state index is 0.189. The van der Waals surface area contributed by atoms with E-state index in [1.54, 1.807) is 0 Å². The second-order valence-electron chi connectivity index (χ2n) is 11.5. The Balaban J connectivity index is 1.18. The maximum Gasteiger partial charge on any atom is 0.318 e. The molecule has 2 fully saturated rings. The van der Waals surface area contributed by atoms with Crippen LogP contribution in [0.3, 0.4) is 0 Å². The smallest absolute Gasteiger partial charge is 0.318 e. The van der Waals surface area contributed by atoms with E-state index in [1.807, 2.05) is 60.5 Å². The van der Waals surface area contributed by atoms with Crippen LogP contribution in [-0.2, 0) is 11.3 Å². The van der Waals surface area contributed by atoms with Crippen molar-refractivity contribution >= 4 is 28.5 Å². The summed E-state index contributed by atoms with van der Waals surface area (Å²) in [7, 11) is 0. The average Bonchev–Trinajstić information content (AvgIpc) is 3.75. The number of benzene rings is 3. The predicted molar refractivity (Wildman–Crippen MR) is 164 cm³/mol. The number of fused-ring (bicyclic) bond motifs is 1. The molecule has 212 valence electrons. The molecular formula is C34H39N5O2. The zero-order valence-electron chi connectivity index (χ0n) is 23.6. The van der Waals surface area contributed by atoms with Crippen molar-refractivity contribution in [2.24, 2.45) is 0 Å². The zero-order valence-corrected chi connectivity index (χ0v) is 23.6. The fourth-order valence-corrected chi connectivity index (χ4v) is 5.96. The standard InChI is InChI=1S/C34H39N5O2/c1-23(30-22-36-31-13-6-5-12-29(30)31)32(33(40)37-28-11-7-8-24(20-28)21-35-27-14-15-27)38-34(41)39-18-16-26(17-19-39)25-9-3-2-4-10-25/h2-13,20,22-23,26-27,32,35-36H,14-19,21H2,1H3,(H,37,40)(H,38,41)/t23-,32-/m1/s1. The number of likely N-dealkylation sites (tertiary alicyclic amines) is 1. The molecule has 1 saturated carbocycles. The number of carbonyl (C=O) groups is 2. The molecule has 1 aliphatic heterocycles. The van der Waals surface area contributed by atoms with Crippen LogP contribution in [0.1, 0.15) is 61.1 Å². The number of anilines is 1. The molecule has 6 rings (SSSR count). The van der Waals surface area contributed by atoms with E-state index in [9.17, 15) is 9.59 Å². The van der Waals surface area contributed by atoms with E-state index in [1.165, 1.54) is 18.4 Å². The lowest BCUT2D eigenvalue weighted by Gasteiger charge is -2.34. The van der Waals surface area contributed by atoms with Crippen LogP contribution in [0.5, 0.6) is 0 Å². The number of aromatic nitrogens is 1. The molecule has 0 bridgehead atoms. The summed E-state index contributed by atoms with van der Waals surface area (Å²) in [5.74, 6) is -0.0227. The molecule has 3 aromatic carbocycles. The summed E-state index contributed by atoms with van der Waals surface area (Å²) >= 11 is 0. The second-order valence-corrected chi connectivity index (χ2v) is 11.5. The largest absolute Gasteiger partial charge is 0.361 e. The van der Waals surface area contributed by atoms with Crippen LogP contribution in [0.15, 0.2) is 85.1 Å². The van der Waals surface area contributed by atoms with Crippen molar-refractivity contribution in [2.45, 2.75) is 63.1 Å². The van der Waals surface area contributed by atoms with E-state index in [2.05, 4.69) is 57.3 Å². The Morgan fingerprint density at radius 2 is 1.68 bits per heavy atom. The number of nitrogens with one attached hydrogen (secondary N) is 4. The van der Waals surface area contributed by atoms with Crippen LogP contribution in [-0.4, -0.2) is 47.0 Å². The van der Waals surface area contributed by atoms with Gasteiger partial charge >= 0.3 is 6.03 Å². The Morgan fingerprint density at radius 3 is 2.46 bits per heavy atom. The third-order valence-electron chi connectivity index (χ3n) is 8.59. The maximum atomic E-state index is 13.9. The van der Waals surface area contributed by atoms with Gasteiger partial charge in [0, 0.05) is 54.4 Å². The van der Waals surface area contributed by atoms with Gasteiger partial charge in [-0.3, -0.25) is 4.79 Å². The predicted octanol–water partition coefficient (Wildman–Crippen LogP) is 6.12. The minimum atomic E-state index is -0.748. The fourth-order valence-electron chi connectivity index (χ4n) is 5.96. The highest BCUT2D eigenvalue weighted by Crippen LogP contribution is 2.30. The number of hydrogen-bond acceptors (Lipinski definition) is 3. The van der Waals surface area contributed by atoms with Crippen molar-refractivity contribution in [3.05, 3.63) is 102 Å². The van der Waals surface area contributed by atoms with E-state index >= 15 is 0 Å². The summed E-state index contributed by atoms with van der Waals surface area (Å²) in [6, 6.07) is 26.2. The highest BCUT2D eigenvalue weighted by Gasteiger charge is 2.32. The number of rotatable bonds is 9. The van der Waals surface area contributed by atoms with Gasteiger partial charge in [-0.1, -0.05) is 67.6 Å². The summed E-state index contributed by atoms with van der Waals surface area (Å²) in [6.45, 7) is 4.12. The summed E-state index contributed by atoms with van der Waals surface area (Å²) in [5.41, 5.74) is 5.21. The normalized spacial score (nSPS) is 17.2. The van der Waals surface area contributed by atoms with Gasteiger partial charge in [-0.25, -0.2) is 4.79 Å². The third kappa shape index (κ3) is 6.46. The molecular weight excluding hydrogens is 510 g/mol. The van der Waals surface area contributed by atoms with E-state index in [4.69, 9.17) is 0 Å². The molecule has 3 amide bonds. The lowest BCUT2D eigenvalue weighted by atomic mass is 9.89. The molecule has 4 N–H and O–H groups in total. The molecule has 41 heavy (non-hydrogen) atoms. The number of H-pyrrole nitrogens is 1. The van der Waals surface area contributed by atoms with E-state index in [-0.39, 0.29) is 17.9 Å². The molecule has 7 heteroatoms. The van der Waals surface area contributed by atoms with Crippen molar-refractivity contribution in [2.75, 3.05) is 18.4 Å². The number of carbonyl (C=O) groups excluding carboxylic acids is 2. The van der Waals surface area contributed by atoms with Crippen molar-refractivity contribution in [1.82, 2.24) is 20.5 Å². The molecule has 0 unspecified atom stereocenters. The molecule has 0 spiro atoms. The van der Waals surface area contributed by atoms with E-state index in [0.29, 0.717) is 25.0 Å². The first kappa shape index (κ1) is 27.1. The summed E-state index contributed by atoms with van der Waals surface area (Å²) < 4.78 is 0. The molecule has 2 atom stereocenters. The highest BCUT2D eigenvalue weighted by molar-refractivity contribution is 5.98. The zero-order chi connectivity index (χ0) is 28.2. The molecule has 1 saturated heterocycles. The molecule has 0 radical (unpaired) electrons. The minimum Gasteiger partial charge on any atom is -0.361 e.